The van der Waals surface area contributed by atoms with E-state index >= 15 is 0 Å². The lowest BCUT2D eigenvalue weighted by Gasteiger charge is -2.07. The molecular weight excluding hydrogens is 294 g/mol. The number of aromatic nitrogens is 3. The third kappa shape index (κ3) is 2.92. The minimum Gasteiger partial charge on any atom is -0.476 e. The molecule has 0 fully saturated rings. The van der Waals surface area contributed by atoms with Gasteiger partial charge in [0.1, 0.15) is 0 Å². The molecular formula is C13H11N3O6. The number of hydrogen-bond donors (Lipinski definition) is 1. The molecule has 2 rings (SSSR count). The van der Waals surface area contributed by atoms with E-state index in [4.69, 9.17) is 5.11 Å². The van der Waals surface area contributed by atoms with E-state index in [0.29, 0.717) is 0 Å². The van der Waals surface area contributed by atoms with Crippen molar-refractivity contribution < 1.29 is 29.0 Å². The Morgan fingerprint density at radius 3 is 2.00 bits per heavy atom. The molecule has 0 spiro atoms. The van der Waals surface area contributed by atoms with Crippen molar-refractivity contribution in [1.82, 2.24) is 15.0 Å². The highest BCUT2D eigenvalue weighted by Gasteiger charge is 2.16. The maximum Gasteiger partial charge on any atom is 0.358 e. The van der Waals surface area contributed by atoms with Crippen LogP contribution in [0.3, 0.4) is 0 Å². The average Bonchev–Trinajstić information content (AvgIpc) is 3.03. The number of carbonyl (C=O) groups excluding carboxylic acids is 2. The Kier molecular flexibility index (Phi) is 4.16. The number of benzene rings is 1. The van der Waals surface area contributed by atoms with Crippen LogP contribution in [0, 0.1) is 0 Å². The lowest BCUT2D eigenvalue weighted by molar-refractivity contribution is 0.0597. The molecule has 0 saturated heterocycles. The monoisotopic (exact) mass is 305 g/mol. The van der Waals surface area contributed by atoms with Gasteiger partial charge >= 0.3 is 17.9 Å². The van der Waals surface area contributed by atoms with E-state index in [0.717, 1.165) is 10.9 Å². The van der Waals surface area contributed by atoms with E-state index in [1.807, 2.05) is 0 Å². The van der Waals surface area contributed by atoms with E-state index in [1.54, 1.807) is 0 Å². The van der Waals surface area contributed by atoms with Gasteiger partial charge in [-0.3, -0.25) is 0 Å². The van der Waals surface area contributed by atoms with Crippen LogP contribution in [0.25, 0.3) is 5.69 Å². The third-order valence-electron chi connectivity index (χ3n) is 2.74. The number of ether oxygens (including phenoxy) is 2. The summed E-state index contributed by atoms with van der Waals surface area (Å²) >= 11 is 0. The molecule has 0 amide bonds. The molecule has 0 aliphatic carbocycles. The summed E-state index contributed by atoms with van der Waals surface area (Å²) in [7, 11) is 2.40. The number of carbonyl (C=O) groups is 3. The van der Waals surface area contributed by atoms with Crippen molar-refractivity contribution in [3.05, 3.63) is 41.2 Å². The van der Waals surface area contributed by atoms with Gasteiger partial charge in [-0.05, 0) is 18.2 Å². The van der Waals surface area contributed by atoms with E-state index < -0.39 is 17.9 Å². The number of methoxy groups -OCH3 is 2. The van der Waals surface area contributed by atoms with Gasteiger partial charge in [-0.25, -0.2) is 19.1 Å². The van der Waals surface area contributed by atoms with Crippen LogP contribution in [0.1, 0.15) is 31.2 Å². The summed E-state index contributed by atoms with van der Waals surface area (Å²) in [5, 5.41) is 15.9. The van der Waals surface area contributed by atoms with Gasteiger partial charge in [0.15, 0.2) is 5.69 Å². The van der Waals surface area contributed by atoms with Gasteiger partial charge in [-0.2, -0.15) is 0 Å². The number of esters is 2. The Hall–Kier alpha value is -3.23. The summed E-state index contributed by atoms with van der Waals surface area (Å²) in [5.74, 6) is -2.57. The largest absolute Gasteiger partial charge is 0.476 e. The van der Waals surface area contributed by atoms with Crippen LogP contribution in [-0.2, 0) is 9.47 Å². The van der Waals surface area contributed by atoms with Gasteiger partial charge < -0.3 is 14.6 Å². The molecule has 0 atom stereocenters. The average molecular weight is 305 g/mol. The van der Waals surface area contributed by atoms with Gasteiger partial charge in [0.25, 0.3) is 0 Å². The van der Waals surface area contributed by atoms with E-state index in [9.17, 15) is 14.4 Å². The second kappa shape index (κ2) is 6.04. The normalized spacial score (nSPS) is 10.1. The Bertz CT molecular complexity index is 718. The van der Waals surface area contributed by atoms with Gasteiger partial charge in [0, 0.05) is 0 Å². The first kappa shape index (κ1) is 15.2. The second-order valence-corrected chi connectivity index (χ2v) is 4.11. The molecule has 1 aromatic carbocycles. The van der Waals surface area contributed by atoms with Crippen molar-refractivity contribution in [2.75, 3.05) is 14.2 Å². The summed E-state index contributed by atoms with van der Waals surface area (Å²) in [6, 6.07) is 4.08. The standard InChI is InChI=1S/C13H11N3O6/c1-21-12(19)7-3-8(13(20)22-2)5-9(4-7)16-6-10(11(17)18)14-15-16/h3-6H,1-2H3,(H,17,18). The fourth-order valence-electron chi connectivity index (χ4n) is 1.70. The molecule has 0 radical (unpaired) electrons. The molecule has 9 heteroatoms. The molecule has 0 saturated carbocycles. The number of carboxylic acids is 1. The van der Waals surface area contributed by atoms with Crippen molar-refractivity contribution in [2.45, 2.75) is 0 Å². The topological polar surface area (TPSA) is 121 Å². The van der Waals surface area contributed by atoms with Crippen LogP contribution < -0.4 is 0 Å². The third-order valence-corrected chi connectivity index (χ3v) is 2.74. The summed E-state index contributed by atoms with van der Waals surface area (Å²) < 4.78 is 10.3. The van der Waals surface area contributed by atoms with E-state index in [1.165, 1.54) is 32.4 Å². The fraction of sp³-hybridized carbons (Fsp3) is 0.154. The molecule has 114 valence electrons. The number of carboxylic acid groups (broad SMARTS) is 1. The molecule has 22 heavy (non-hydrogen) atoms. The zero-order valence-electron chi connectivity index (χ0n) is 11.6. The number of nitrogens with zero attached hydrogens (tertiary/aromatic N) is 3. The SMILES string of the molecule is COC(=O)c1cc(C(=O)OC)cc(-n2cc(C(=O)O)nn2)c1. The maximum atomic E-state index is 11.7. The Balaban J connectivity index is 2.55. The van der Waals surface area contributed by atoms with Gasteiger partial charge in [-0.1, -0.05) is 5.21 Å². The van der Waals surface area contributed by atoms with Gasteiger partial charge in [0.05, 0.1) is 37.2 Å². The second-order valence-electron chi connectivity index (χ2n) is 4.11. The predicted octanol–water partition coefficient (Wildman–Crippen LogP) is 0.539. The smallest absolute Gasteiger partial charge is 0.358 e. The molecule has 1 aromatic heterocycles. The first-order valence-electron chi connectivity index (χ1n) is 5.94. The molecule has 0 bridgehead atoms. The van der Waals surface area contributed by atoms with Crippen molar-refractivity contribution in [3.63, 3.8) is 0 Å². The van der Waals surface area contributed by atoms with Crippen LogP contribution in [0.15, 0.2) is 24.4 Å². The quantitative estimate of drug-likeness (QED) is 0.812. The van der Waals surface area contributed by atoms with Crippen LogP contribution in [0.2, 0.25) is 0 Å². The van der Waals surface area contributed by atoms with Gasteiger partial charge in [-0.15, -0.1) is 5.10 Å². The Morgan fingerprint density at radius 1 is 1.05 bits per heavy atom. The summed E-state index contributed by atoms with van der Waals surface area (Å²) in [6.45, 7) is 0. The van der Waals surface area contributed by atoms with Crippen LogP contribution in [0.5, 0.6) is 0 Å². The zero-order chi connectivity index (χ0) is 16.3. The van der Waals surface area contributed by atoms with Crippen molar-refractivity contribution in [3.8, 4) is 5.69 Å². The minimum atomic E-state index is -1.25. The predicted molar refractivity (Wildman–Crippen MR) is 71.0 cm³/mol. The fourth-order valence-corrected chi connectivity index (χ4v) is 1.70. The maximum absolute atomic E-state index is 11.7. The number of hydrogen-bond acceptors (Lipinski definition) is 7. The van der Waals surface area contributed by atoms with Crippen LogP contribution in [0.4, 0.5) is 0 Å². The number of aromatic carboxylic acids is 1. The minimum absolute atomic E-state index is 0.0905. The lowest BCUT2D eigenvalue weighted by Crippen LogP contribution is -2.09. The lowest BCUT2D eigenvalue weighted by atomic mass is 10.1. The molecule has 0 unspecified atom stereocenters. The Morgan fingerprint density at radius 2 is 1.59 bits per heavy atom. The zero-order valence-corrected chi connectivity index (χ0v) is 11.6. The molecule has 9 nitrogen and oxygen atoms in total. The first-order valence-corrected chi connectivity index (χ1v) is 5.94. The highest BCUT2D eigenvalue weighted by atomic mass is 16.5. The van der Waals surface area contributed by atoms with E-state index in [2.05, 4.69) is 19.8 Å². The number of rotatable bonds is 4. The highest BCUT2D eigenvalue weighted by molar-refractivity contribution is 5.96. The summed E-state index contributed by atoms with van der Waals surface area (Å²) in [5.41, 5.74) is 0.173. The molecule has 2 aromatic rings. The Labute approximate surface area is 124 Å². The first-order chi connectivity index (χ1) is 10.5. The van der Waals surface area contributed by atoms with Crippen molar-refractivity contribution >= 4 is 17.9 Å². The molecule has 0 aliphatic heterocycles. The van der Waals surface area contributed by atoms with Gasteiger partial charge in [0.2, 0.25) is 0 Å². The van der Waals surface area contributed by atoms with Crippen molar-refractivity contribution in [2.24, 2.45) is 0 Å². The van der Waals surface area contributed by atoms with Crippen LogP contribution >= 0.6 is 0 Å². The molecule has 1 heterocycles. The highest BCUT2D eigenvalue weighted by Crippen LogP contribution is 2.16. The summed E-state index contributed by atoms with van der Waals surface area (Å²) in [4.78, 5) is 34.1. The van der Waals surface area contributed by atoms with Crippen molar-refractivity contribution in [1.29, 1.82) is 0 Å². The van der Waals surface area contributed by atoms with E-state index in [-0.39, 0.29) is 22.5 Å². The molecule has 0 aliphatic rings. The summed E-state index contributed by atoms with van der Waals surface area (Å²) in [6.07, 6.45) is 1.15. The molecule has 1 N–H and O–H groups in total. The van der Waals surface area contributed by atoms with Crippen LogP contribution in [-0.4, -0.2) is 52.2 Å².